The van der Waals surface area contributed by atoms with Crippen molar-refractivity contribution in [1.82, 2.24) is 9.55 Å². The maximum atomic E-state index is 12.6. The van der Waals surface area contributed by atoms with Crippen molar-refractivity contribution in [2.45, 2.75) is 39.2 Å². The van der Waals surface area contributed by atoms with E-state index in [0.29, 0.717) is 23.0 Å². The molecule has 6 nitrogen and oxygen atoms in total. The van der Waals surface area contributed by atoms with Crippen molar-refractivity contribution < 1.29 is 14.3 Å². The molecule has 1 aromatic heterocycles. The Labute approximate surface area is 133 Å². The second kappa shape index (κ2) is 6.32. The monoisotopic (exact) mass is 314 g/mol. The van der Waals surface area contributed by atoms with Crippen molar-refractivity contribution in [3.63, 3.8) is 0 Å². The van der Waals surface area contributed by atoms with Crippen LogP contribution < -0.4 is 5.56 Å². The van der Waals surface area contributed by atoms with Gasteiger partial charge in [0.2, 0.25) is 0 Å². The first kappa shape index (κ1) is 15.4. The van der Waals surface area contributed by atoms with Crippen LogP contribution in [0.25, 0.3) is 10.9 Å². The van der Waals surface area contributed by atoms with Crippen molar-refractivity contribution in [3.05, 3.63) is 39.9 Å². The molecule has 0 amide bonds. The molecule has 0 bridgehead atoms. The number of benzene rings is 1. The number of ketones is 1. The molecule has 0 radical (unpaired) electrons. The fourth-order valence-electron chi connectivity index (χ4n) is 2.80. The minimum Gasteiger partial charge on any atom is -0.454 e. The molecule has 2 heterocycles. The van der Waals surface area contributed by atoms with Gasteiger partial charge >= 0.3 is 5.97 Å². The highest BCUT2D eigenvalue weighted by molar-refractivity contribution is 5.95. The van der Waals surface area contributed by atoms with Crippen molar-refractivity contribution >= 4 is 22.7 Å². The largest absolute Gasteiger partial charge is 0.454 e. The molecule has 1 aliphatic rings. The van der Waals surface area contributed by atoms with Crippen LogP contribution in [-0.4, -0.2) is 27.9 Å². The maximum absolute atomic E-state index is 12.6. The van der Waals surface area contributed by atoms with Gasteiger partial charge in [-0.2, -0.15) is 0 Å². The van der Waals surface area contributed by atoms with Gasteiger partial charge in [0.1, 0.15) is 12.4 Å². The predicted molar refractivity (Wildman–Crippen MR) is 84.5 cm³/mol. The van der Waals surface area contributed by atoms with E-state index in [1.165, 1.54) is 13.0 Å². The van der Waals surface area contributed by atoms with E-state index in [1.807, 2.05) is 0 Å². The highest BCUT2D eigenvalue weighted by atomic mass is 16.5. The number of aryl methyl sites for hydroxylation is 1. The molecule has 0 saturated carbocycles. The number of Topliss-reactive ketones (excluding diaryl/α,β-unsaturated/α-hetero) is 1. The molecule has 23 heavy (non-hydrogen) atoms. The van der Waals surface area contributed by atoms with Gasteiger partial charge in [-0.25, -0.2) is 9.78 Å². The molecule has 0 N–H and O–H groups in total. The van der Waals surface area contributed by atoms with E-state index in [2.05, 4.69) is 4.98 Å². The lowest BCUT2D eigenvalue weighted by atomic mass is 10.1. The summed E-state index contributed by atoms with van der Waals surface area (Å²) in [5.41, 5.74) is 0.736. The topological polar surface area (TPSA) is 78.3 Å². The third kappa shape index (κ3) is 3.16. The Morgan fingerprint density at radius 3 is 2.87 bits per heavy atom. The highest BCUT2D eigenvalue weighted by Gasteiger charge is 2.16. The Kier molecular flexibility index (Phi) is 4.23. The smallest absolute Gasteiger partial charge is 0.338 e. The molecule has 3 rings (SSSR count). The van der Waals surface area contributed by atoms with Crippen LogP contribution in [0.1, 0.15) is 42.4 Å². The number of hydrogen-bond acceptors (Lipinski definition) is 5. The molecule has 120 valence electrons. The summed E-state index contributed by atoms with van der Waals surface area (Å²) in [6, 6.07) is 4.70. The van der Waals surface area contributed by atoms with Gasteiger partial charge in [-0.3, -0.25) is 14.2 Å². The lowest BCUT2D eigenvalue weighted by Gasteiger charge is -2.10. The lowest BCUT2D eigenvalue weighted by Crippen LogP contribution is -2.24. The quantitative estimate of drug-likeness (QED) is 0.808. The Morgan fingerprint density at radius 2 is 2.09 bits per heavy atom. The Bertz CT molecular complexity index is 838. The Hall–Kier alpha value is -2.50. The molecule has 2 aromatic rings. The van der Waals surface area contributed by atoms with Crippen LogP contribution >= 0.6 is 0 Å². The number of nitrogens with zero attached hydrogens (tertiary/aromatic N) is 2. The van der Waals surface area contributed by atoms with E-state index in [-0.39, 0.29) is 17.9 Å². The van der Waals surface area contributed by atoms with Crippen LogP contribution in [0.3, 0.4) is 0 Å². The SMILES string of the molecule is CC(=O)COC(=O)c1ccc2c(=O)n3c(nc2c1)CCCCC3. The summed E-state index contributed by atoms with van der Waals surface area (Å²) >= 11 is 0. The average Bonchev–Trinajstić information content (AvgIpc) is 2.77. The highest BCUT2D eigenvalue weighted by Crippen LogP contribution is 2.16. The molecule has 0 atom stereocenters. The first-order valence-electron chi connectivity index (χ1n) is 7.76. The van der Waals surface area contributed by atoms with Gasteiger partial charge in [-0.1, -0.05) is 6.42 Å². The normalized spacial score (nSPS) is 14.1. The van der Waals surface area contributed by atoms with Crippen molar-refractivity contribution in [1.29, 1.82) is 0 Å². The first-order valence-corrected chi connectivity index (χ1v) is 7.76. The van der Waals surface area contributed by atoms with Gasteiger partial charge in [0.25, 0.3) is 5.56 Å². The number of rotatable bonds is 3. The van der Waals surface area contributed by atoms with E-state index in [1.54, 1.807) is 16.7 Å². The van der Waals surface area contributed by atoms with Crippen LogP contribution in [0.4, 0.5) is 0 Å². The van der Waals surface area contributed by atoms with Gasteiger partial charge < -0.3 is 4.74 Å². The van der Waals surface area contributed by atoms with E-state index >= 15 is 0 Å². The van der Waals surface area contributed by atoms with Crippen molar-refractivity contribution in [2.75, 3.05) is 6.61 Å². The third-order valence-electron chi connectivity index (χ3n) is 3.96. The maximum Gasteiger partial charge on any atom is 0.338 e. The van der Waals surface area contributed by atoms with Crippen LogP contribution in [-0.2, 0) is 22.5 Å². The molecule has 0 aliphatic carbocycles. The number of aromatic nitrogens is 2. The van der Waals surface area contributed by atoms with E-state index in [4.69, 9.17) is 4.74 Å². The molecule has 0 spiro atoms. The molecule has 0 unspecified atom stereocenters. The molecule has 0 saturated heterocycles. The number of hydrogen-bond donors (Lipinski definition) is 0. The van der Waals surface area contributed by atoms with Crippen LogP contribution in [0, 0.1) is 0 Å². The number of carbonyl (C=O) groups excluding carboxylic acids is 2. The zero-order valence-electron chi connectivity index (χ0n) is 13.0. The zero-order chi connectivity index (χ0) is 16.4. The van der Waals surface area contributed by atoms with Crippen LogP contribution in [0.2, 0.25) is 0 Å². The summed E-state index contributed by atoms with van der Waals surface area (Å²) in [5, 5.41) is 0.499. The second-order valence-electron chi connectivity index (χ2n) is 5.81. The first-order chi connectivity index (χ1) is 11.1. The van der Waals surface area contributed by atoms with E-state index in [9.17, 15) is 14.4 Å². The summed E-state index contributed by atoms with van der Waals surface area (Å²) in [4.78, 5) is 40.0. The Balaban J connectivity index is 2.01. The summed E-state index contributed by atoms with van der Waals surface area (Å²) < 4.78 is 6.64. The van der Waals surface area contributed by atoms with Crippen LogP contribution in [0.15, 0.2) is 23.0 Å². The van der Waals surface area contributed by atoms with Crippen molar-refractivity contribution in [3.8, 4) is 0 Å². The van der Waals surface area contributed by atoms with Crippen molar-refractivity contribution in [2.24, 2.45) is 0 Å². The van der Waals surface area contributed by atoms with Gasteiger partial charge in [0.15, 0.2) is 5.78 Å². The molecule has 6 heteroatoms. The summed E-state index contributed by atoms with van der Waals surface area (Å²) in [7, 11) is 0. The lowest BCUT2D eigenvalue weighted by molar-refractivity contribution is -0.120. The van der Waals surface area contributed by atoms with Crippen LogP contribution in [0.5, 0.6) is 0 Å². The summed E-state index contributed by atoms with van der Waals surface area (Å²) in [6.45, 7) is 1.79. The average molecular weight is 314 g/mol. The van der Waals surface area contributed by atoms with Gasteiger partial charge in [0.05, 0.1) is 16.5 Å². The minimum absolute atomic E-state index is 0.0597. The zero-order valence-corrected chi connectivity index (χ0v) is 13.0. The molecular formula is C17H18N2O4. The van der Waals surface area contributed by atoms with Gasteiger partial charge in [0, 0.05) is 13.0 Å². The predicted octanol–water partition coefficient (Wildman–Crippen LogP) is 1.87. The minimum atomic E-state index is -0.584. The fraction of sp³-hybridized carbons (Fsp3) is 0.412. The Morgan fingerprint density at radius 1 is 1.26 bits per heavy atom. The molecule has 1 aliphatic heterocycles. The second-order valence-corrected chi connectivity index (χ2v) is 5.81. The van der Waals surface area contributed by atoms with E-state index in [0.717, 1.165) is 31.5 Å². The molecular weight excluding hydrogens is 296 g/mol. The number of fused-ring (bicyclic) bond motifs is 2. The third-order valence-corrected chi connectivity index (χ3v) is 3.96. The number of esters is 1. The number of ether oxygens (including phenoxy) is 1. The molecule has 0 fully saturated rings. The summed E-state index contributed by atoms with van der Waals surface area (Å²) in [6.07, 6.45) is 3.85. The molecule has 1 aromatic carbocycles. The van der Waals surface area contributed by atoms with E-state index < -0.39 is 5.97 Å². The summed E-state index contributed by atoms with van der Waals surface area (Å²) in [5.74, 6) is -0.0333. The van der Waals surface area contributed by atoms with Gasteiger partial charge in [-0.15, -0.1) is 0 Å². The standard InChI is InChI=1S/C17H18N2O4/c1-11(20)10-23-17(22)12-6-7-13-14(9-12)18-15-5-3-2-4-8-19(15)16(13)21/h6-7,9H,2-5,8,10H2,1H3. The fourth-order valence-corrected chi connectivity index (χ4v) is 2.80. The van der Waals surface area contributed by atoms with Gasteiger partial charge in [-0.05, 0) is 38.0 Å². The number of carbonyl (C=O) groups is 2.